The Labute approximate surface area is 103 Å². The Bertz CT molecular complexity index is 539. The molecule has 2 N–H and O–H groups in total. The Balaban J connectivity index is 1.94. The Morgan fingerprint density at radius 2 is 2.33 bits per heavy atom. The molecule has 2 aromatic rings. The number of anilines is 1. The first kappa shape index (κ1) is 12.0. The van der Waals surface area contributed by atoms with Gasteiger partial charge in [0, 0.05) is 13.0 Å². The van der Waals surface area contributed by atoms with Crippen molar-refractivity contribution in [3.05, 3.63) is 35.6 Å². The lowest BCUT2D eigenvalue weighted by molar-refractivity contribution is 0.0695. The molecule has 0 saturated heterocycles. The predicted molar refractivity (Wildman–Crippen MR) is 62.4 cm³/mol. The largest absolute Gasteiger partial charge is 0.478 e. The summed E-state index contributed by atoms with van der Waals surface area (Å²) in [5.74, 6) is 0.265. The van der Waals surface area contributed by atoms with Crippen LogP contribution in [0, 0.1) is 6.92 Å². The van der Waals surface area contributed by atoms with Gasteiger partial charge in [-0.05, 0) is 19.1 Å². The molecule has 0 amide bonds. The van der Waals surface area contributed by atoms with E-state index in [-0.39, 0.29) is 5.56 Å². The van der Waals surface area contributed by atoms with E-state index in [9.17, 15) is 4.79 Å². The molecular formula is C11H12N4O3. The predicted octanol–water partition coefficient (Wildman–Crippen LogP) is 1.13. The number of pyridine rings is 1. The topological polar surface area (TPSA) is 101 Å². The molecule has 2 heterocycles. The first-order valence-corrected chi connectivity index (χ1v) is 5.37. The molecule has 0 fully saturated rings. The van der Waals surface area contributed by atoms with Crippen LogP contribution in [0.25, 0.3) is 0 Å². The molecule has 0 aromatic carbocycles. The molecule has 2 rings (SSSR count). The second-order valence-corrected chi connectivity index (χ2v) is 3.66. The lowest BCUT2D eigenvalue weighted by Crippen LogP contribution is -2.09. The first-order chi connectivity index (χ1) is 8.66. The third-order valence-corrected chi connectivity index (χ3v) is 2.38. The number of carboxylic acids is 1. The van der Waals surface area contributed by atoms with E-state index in [1.807, 2.05) is 0 Å². The molecule has 0 aliphatic heterocycles. The van der Waals surface area contributed by atoms with Crippen molar-refractivity contribution >= 4 is 11.8 Å². The first-order valence-electron chi connectivity index (χ1n) is 5.37. The fourth-order valence-corrected chi connectivity index (χ4v) is 1.49. The maximum Gasteiger partial charge on any atom is 0.337 e. The molecule has 94 valence electrons. The molecule has 0 aliphatic rings. The molecule has 0 aliphatic carbocycles. The Kier molecular flexibility index (Phi) is 3.52. The van der Waals surface area contributed by atoms with Crippen molar-refractivity contribution in [2.45, 2.75) is 13.3 Å². The van der Waals surface area contributed by atoms with Gasteiger partial charge in [-0.25, -0.2) is 9.78 Å². The number of aromatic carboxylic acids is 1. The summed E-state index contributed by atoms with van der Waals surface area (Å²) in [7, 11) is 0. The van der Waals surface area contributed by atoms with Gasteiger partial charge in [-0.2, -0.15) is 4.98 Å². The molecule has 18 heavy (non-hydrogen) atoms. The van der Waals surface area contributed by atoms with Gasteiger partial charge in [0.25, 0.3) is 0 Å². The van der Waals surface area contributed by atoms with Gasteiger partial charge in [0.15, 0.2) is 5.82 Å². The zero-order chi connectivity index (χ0) is 13.0. The van der Waals surface area contributed by atoms with Crippen molar-refractivity contribution in [3.8, 4) is 0 Å². The van der Waals surface area contributed by atoms with Gasteiger partial charge in [0.2, 0.25) is 6.39 Å². The molecule has 0 bridgehead atoms. The van der Waals surface area contributed by atoms with E-state index in [0.29, 0.717) is 30.3 Å². The van der Waals surface area contributed by atoms with E-state index in [2.05, 4.69) is 25.0 Å². The number of hydrogen-bond acceptors (Lipinski definition) is 6. The minimum atomic E-state index is -0.974. The SMILES string of the molecule is Cc1nc(NCCc2ncon2)ccc1C(=O)O. The molecule has 0 radical (unpaired) electrons. The van der Waals surface area contributed by atoms with Crippen molar-refractivity contribution in [2.24, 2.45) is 0 Å². The average molecular weight is 248 g/mol. The van der Waals surface area contributed by atoms with Crippen molar-refractivity contribution < 1.29 is 14.4 Å². The van der Waals surface area contributed by atoms with Gasteiger partial charge in [-0.3, -0.25) is 0 Å². The van der Waals surface area contributed by atoms with Crippen molar-refractivity contribution in [1.29, 1.82) is 0 Å². The van der Waals surface area contributed by atoms with Crippen LogP contribution in [0.4, 0.5) is 5.82 Å². The summed E-state index contributed by atoms with van der Waals surface area (Å²) in [5, 5.41) is 15.6. The van der Waals surface area contributed by atoms with Crippen LogP contribution in [-0.2, 0) is 6.42 Å². The highest BCUT2D eigenvalue weighted by atomic mass is 16.5. The average Bonchev–Trinajstić information content (AvgIpc) is 2.81. The van der Waals surface area contributed by atoms with Gasteiger partial charge in [-0.15, -0.1) is 0 Å². The summed E-state index contributed by atoms with van der Waals surface area (Å²) in [4.78, 5) is 18.9. The Morgan fingerprint density at radius 1 is 1.50 bits per heavy atom. The normalized spacial score (nSPS) is 10.3. The lowest BCUT2D eigenvalue weighted by Gasteiger charge is -2.06. The maximum atomic E-state index is 10.8. The highest BCUT2D eigenvalue weighted by molar-refractivity contribution is 5.89. The number of rotatable bonds is 5. The van der Waals surface area contributed by atoms with Crippen LogP contribution < -0.4 is 5.32 Å². The Hall–Kier alpha value is -2.44. The molecule has 7 heteroatoms. The van der Waals surface area contributed by atoms with E-state index in [0.717, 1.165) is 0 Å². The van der Waals surface area contributed by atoms with Gasteiger partial charge >= 0.3 is 5.97 Å². The van der Waals surface area contributed by atoms with E-state index in [1.54, 1.807) is 13.0 Å². The van der Waals surface area contributed by atoms with E-state index in [1.165, 1.54) is 12.5 Å². The summed E-state index contributed by atoms with van der Waals surface area (Å²) < 4.78 is 4.61. The van der Waals surface area contributed by atoms with Gasteiger partial charge in [-0.1, -0.05) is 5.16 Å². The monoisotopic (exact) mass is 248 g/mol. The summed E-state index contributed by atoms with van der Waals surface area (Å²) in [5.41, 5.74) is 0.686. The Morgan fingerprint density at radius 3 is 2.94 bits per heavy atom. The second-order valence-electron chi connectivity index (χ2n) is 3.66. The van der Waals surface area contributed by atoms with Crippen LogP contribution >= 0.6 is 0 Å². The highest BCUT2D eigenvalue weighted by Crippen LogP contribution is 2.10. The maximum absolute atomic E-state index is 10.8. The number of nitrogens with zero attached hydrogens (tertiary/aromatic N) is 3. The zero-order valence-corrected chi connectivity index (χ0v) is 9.75. The van der Waals surface area contributed by atoms with E-state index < -0.39 is 5.97 Å². The summed E-state index contributed by atoms with van der Waals surface area (Å²) in [6.45, 7) is 2.26. The number of hydrogen-bond donors (Lipinski definition) is 2. The molecule has 0 unspecified atom stereocenters. The van der Waals surface area contributed by atoms with Crippen LogP contribution in [0.2, 0.25) is 0 Å². The fraction of sp³-hybridized carbons (Fsp3) is 0.273. The van der Waals surface area contributed by atoms with Crippen LogP contribution in [-0.4, -0.2) is 32.7 Å². The number of carbonyl (C=O) groups is 1. The molecule has 2 aromatic heterocycles. The number of aryl methyl sites for hydroxylation is 1. The fourth-order valence-electron chi connectivity index (χ4n) is 1.49. The summed E-state index contributed by atoms with van der Waals surface area (Å²) >= 11 is 0. The number of nitrogens with one attached hydrogen (secondary N) is 1. The van der Waals surface area contributed by atoms with Crippen molar-refractivity contribution in [2.75, 3.05) is 11.9 Å². The van der Waals surface area contributed by atoms with Gasteiger partial charge in [0.05, 0.1) is 11.3 Å². The third kappa shape index (κ3) is 2.82. The van der Waals surface area contributed by atoms with E-state index in [4.69, 9.17) is 5.11 Å². The number of carboxylic acid groups (broad SMARTS) is 1. The summed E-state index contributed by atoms with van der Waals surface area (Å²) in [6, 6.07) is 3.16. The van der Waals surface area contributed by atoms with Crippen LogP contribution in [0.3, 0.4) is 0 Å². The lowest BCUT2D eigenvalue weighted by atomic mass is 10.2. The number of aromatic nitrogens is 3. The molecule has 7 nitrogen and oxygen atoms in total. The molecule has 0 atom stereocenters. The van der Waals surface area contributed by atoms with Crippen molar-refractivity contribution in [3.63, 3.8) is 0 Å². The van der Waals surface area contributed by atoms with Crippen LogP contribution in [0.5, 0.6) is 0 Å². The van der Waals surface area contributed by atoms with Crippen LogP contribution in [0.15, 0.2) is 23.0 Å². The minimum Gasteiger partial charge on any atom is -0.478 e. The quantitative estimate of drug-likeness (QED) is 0.817. The highest BCUT2D eigenvalue weighted by Gasteiger charge is 2.08. The van der Waals surface area contributed by atoms with Crippen LogP contribution in [0.1, 0.15) is 21.9 Å². The zero-order valence-electron chi connectivity index (χ0n) is 9.75. The molecular weight excluding hydrogens is 236 g/mol. The van der Waals surface area contributed by atoms with E-state index >= 15 is 0 Å². The molecule has 0 saturated carbocycles. The van der Waals surface area contributed by atoms with Gasteiger partial charge < -0.3 is 14.9 Å². The standard InChI is InChI=1S/C11H12N4O3/c1-7-8(11(16)17)2-3-9(14-7)12-5-4-10-13-6-18-15-10/h2-3,6H,4-5H2,1H3,(H,12,14)(H,16,17). The second kappa shape index (κ2) is 5.26. The minimum absolute atomic E-state index is 0.207. The third-order valence-electron chi connectivity index (χ3n) is 2.38. The summed E-state index contributed by atoms with van der Waals surface area (Å²) in [6.07, 6.45) is 1.89. The van der Waals surface area contributed by atoms with Gasteiger partial charge in [0.1, 0.15) is 5.82 Å². The van der Waals surface area contributed by atoms with Crippen molar-refractivity contribution in [1.82, 2.24) is 15.1 Å². The smallest absolute Gasteiger partial charge is 0.337 e. The molecule has 0 spiro atoms.